The van der Waals surface area contributed by atoms with E-state index < -0.39 is 24.9 Å². The predicted molar refractivity (Wildman–Crippen MR) is 90.2 cm³/mol. The number of alkyl halides is 2. The lowest BCUT2D eigenvalue weighted by molar-refractivity contribution is -0.123. The van der Waals surface area contributed by atoms with E-state index in [1.807, 2.05) is 24.3 Å². The van der Waals surface area contributed by atoms with Gasteiger partial charge in [-0.05, 0) is 24.0 Å². The zero-order valence-corrected chi connectivity index (χ0v) is 14.2. The highest BCUT2D eigenvalue weighted by Gasteiger charge is 2.42. The molecule has 2 fully saturated rings. The van der Waals surface area contributed by atoms with Crippen LogP contribution in [-0.4, -0.2) is 53.6 Å². The van der Waals surface area contributed by atoms with Gasteiger partial charge >= 0.3 is 0 Å². The summed E-state index contributed by atoms with van der Waals surface area (Å²) in [5.41, 5.74) is 2.12. The lowest BCUT2D eigenvalue weighted by atomic mass is 10.1. The molecule has 2 aliphatic heterocycles. The molecule has 2 saturated heterocycles. The number of rotatable bonds is 5. The molecule has 3 rings (SSSR count). The minimum atomic E-state index is -2.80. The Hall–Kier alpha value is -1.57. The normalized spacial score (nSPS) is 24.4. The number of aliphatic hydroxyl groups is 1. The fraction of sp³-hybridized carbons (Fsp3) is 0.611. The summed E-state index contributed by atoms with van der Waals surface area (Å²) >= 11 is 0. The number of amides is 1. The van der Waals surface area contributed by atoms with E-state index in [0.717, 1.165) is 38.0 Å². The zero-order chi connectivity index (χ0) is 17.9. The number of aliphatic hydroxyl groups excluding tert-OH is 1. The van der Waals surface area contributed by atoms with Gasteiger partial charge in [0.1, 0.15) is 0 Å². The maximum Gasteiger partial charge on any atom is 0.262 e. The number of benzene rings is 1. The Balaban J connectivity index is 1.44. The number of hydrogen-bond acceptors (Lipinski definition) is 4. The molecule has 25 heavy (non-hydrogen) atoms. The number of piperidine rings is 1. The molecule has 138 valence electrons. The van der Waals surface area contributed by atoms with Gasteiger partial charge in [-0.25, -0.2) is 8.78 Å². The van der Waals surface area contributed by atoms with Crippen molar-refractivity contribution in [1.82, 2.24) is 15.5 Å². The second-order valence-electron chi connectivity index (χ2n) is 7.04. The molecule has 3 N–H and O–H groups in total. The Morgan fingerprint density at radius 2 is 1.88 bits per heavy atom. The quantitative estimate of drug-likeness (QED) is 0.746. The summed E-state index contributed by atoms with van der Waals surface area (Å²) in [7, 11) is 0. The van der Waals surface area contributed by atoms with E-state index in [9.17, 15) is 18.7 Å². The number of nitrogens with zero attached hydrogens (tertiary/aromatic N) is 1. The Bertz CT molecular complexity index is 586. The first-order valence-corrected chi connectivity index (χ1v) is 8.78. The van der Waals surface area contributed by atoms with Crippen LogP contribution in [0, 0.1) is 0 Å². The van der Waals surface area contributed by atoms with Gasteiger partial charge in [-0.3, -0.25) is 15.0 Å². The number of carbonyl (C=O) groups excluding carboxylic acids is 1. The van der Waals surface area contributed by atoms with Gasteiger partial charge in [-0.2, -0.15) is 0 Å². The number of carbonyl (C=O) groups is 1. The average molecular weight is 353 g/mol. The first-order valence-electron chi connectivity index (χ1n) is 8.78. The first kappa shape index (κ1) is 18.2. The van der Waals surface area contributed by atoms with E-state index in [1.165, 1.54) is 5.56 Å². The number of halogens is 2. The zero-order valence-electron chi connectivity index (χ0n) is 14.2. The van der Waals surface area contributed by atoms with E-state index in [-0.39, 0.29) is 12.0 Å². The number of hydrogen-bond donors (Lipinski definition) is 3. The third-order valence-electron chi connectivity index (χ3n) is 4.88. The summed E-state index contributed by atoms with van der Waals surface area (Å²) in [4.78, 5) is 14.2. The first-order chi connectivity index (χ1) is 11.9. The van der Waals surface area contributed by atoms with Crippen LogP contribution in [0.3, 0.4) is 0 Å². The Kier molecular flexibility index (Phi) is 5.66. The molecule has 0 bridgehead atoms. The van der Waals surface area contributed by atoms with Crippen molar-refractivity contribution in [2.24, 2.45) is 0 Å². The molecule has 0 spiro atoms. The molecule has 0 saturated carbocycles. The van der Waals surface area contributed by atoms with Crippen molar-refractivity contribution in [2.45, 2.75) is 50.4 Å². The van der Waals surface area contributed by atoms with Crippen LogP contribution in [-0.2, 0) is 17.9 Å². The molecule has 7 heteroatoms. The largest absolute Gasteiger partial charge is 0.393 e. The number of likely N-dealkylation sites (tertiary alicyclic amines) is 1. The van der Waals surface area contributed by atoms with Gasteiger partial charge in [0, 0.05) is 32.6 Å². The predicted octanol–water partition coefficient (Wildman–Crippen LogP) is 1.26. The topological polar surface area (TPSA) is 64.6 Å². The molecule has 1 unspecified atom stereocenters. The van der Waals surface area contributed by atoms with Crippen LogP contribution in [0.15, 0.2) is 24.3 Å². The summed E-state index contributed by atoms with van der Waals surface area (Å²) in [6, 6.07) is 7.13. The average Bonchev–Trinajstić information content (AvgIpc) is 2.96. The van der Waals surface area contributed by atoms with Crippen LogP contribution in [0.2, 0.25) is 0 Å². The van der Waals surface area contributed by atoms with Crippen LogP contribution in [0.1, 0.15) is 30.4 Å². The summed E-state index contributed by atoms with van der Waals surface area (Å²) in [6.07, 6.45) is 1.02. The van der Waals surface area contributed by atoms with Gasteiger partial charge in [0.15, 0.2) is 0 Å². The van der Waals surface area contributed by atoms with E-state index >= 15 is 0 Å². The number of nitrogens with one attached hydrogen (secondary N) is 2. The van der Waals surface area contributed by atoms with Crippen LogP contribution in [0.25, 0.3) is 0 Å². The van der Waals surface area contributed by atoms with Crippen LogP contribution < -0.4 is 10.6 Å². The molecule has 1 amide bonds. The molecule has 5 nitrogen and oxygen atoms in total. The van der Waals surface area contributed by atoms with Crippen LogP contribution in [0.4, 0.5) is 8.78 Å². The second kappa shape index (κ2) is 7.76. The maximum absolute atomic E-state index is 13.1. The Morgan fingerprint density at radius 1 is 1.24 bits per heavy atom. The highest BCUT2D eigenvalue weighted by atomic mass is 19.3. The smallest absolute Gasteiger partial charge is 0.262 e. The molecule has 1 atom stereocenters. The van der Waals surface area contributed by atoms with Gasteiger partial charge in [0.05, 0.1) is 18.7 Å². The molecule has 0 radical (unpaired) electrons. The van der Waals surface area contributed by atoms with Gasteiger partial charge < -0.3 is 10.4 Å². The van der Waals surface area contributed by atoms with Crippen molar-refractivity contribution >= 4 is 5.91 Å². The minimum absolute atomic E-state index is 0.170. The highest BCUT2D eigenvalue weighted by Crippen LogP contribution is 2.25. The van der Waals surface area contributed by atoms with Crippen molar-refractivity contribution < 1.29 is 18.7 Å². The van der Waals surface area contributed by atoms with E-state index in [4.69, 9.17) is 0 Å². The van der Waals surface area contributed by atoms with Gasteiger partial charge in [-0.15, -0.1) is 0 Å². The molecule has 1 aromatic carbocycles. The molecular formula is C18H25F2N3O2. The van der Waals surface area contributed by atoms with Gasteiger partial charge in [0.25, 0.3) is 5.92 Å². The van der Waals surface area contributed by atoms with E-state index in [0.29, 0.717) is 6.54 Å². The second-order valence-corrected chi connectivity index (χ2v) is 7.04. The highest BCUT2D eigenvalue weighted by molar-refractivity contribution is 5.82. The van der Waals surface area contributed by atoms with Crippen molar-refractivity contribution in [3.8, 4) is 0 Å². The molecule has 0 aromatic heterocycles. The van der Waals surface area contributed by atoms with E-state index in [2.05, 4.69) is 15.5 Å². The monoisotopic (exact) mass is 353 g/mol. The summed E-state index contributed by atoms with van der Waals surface area (Å²) in [6.45, 7) is 2.54. The lowest BCUT2D eigenvalue weighted by Crippen LogP contribution is -2.40. The summed E-state index contributed by atoms with van der Waals surface area (Å²) < 4.78 is 26.2. The third-order valence-corrected chi connectivity index (χ3v) is 4.88. The lowest BCUT2D eigenvalue weighted by Gasteiger charge is -2.29. The third kappa shape index (κ3) is 5.20. The molecular weight excluding hydrogens is 328 g/mol. The minimum Gasteiger partial charge on any atom is -0.393 e. The van der Waals surface area contributed by atoms with Crippen molar-refractivity contribution in [2.75, 3.05) is 19.6 Å². The molecule has 1 aromatic rings. The Labute approximate surface area is 146 Å². The molecule has 2 aliphatic rings. The van der Waals surface area contributed by atoms with Crippen molar-refractivity contribution in [3.05, 3.63) is 35.4 Å². The SMILES string of the molecule is O=C(NCc1ccc(CN2CCC(O)CC2)cc1)C1CC(F)(F)CN1. The molecule has 0 aliphatic carbocycles. The summed E-state index contributed by atoms with van der Waals surface area (Å²) in [5, 5.41) is 14.8. The van der Waals surface area contributed by atoms with Crippen LogP contribution >= 0.6 is 0 Å². The van der Waals surface area contributed by atoms with Gasteiger partial charge in [0.2, 0.25) is 5.91 Å². The van der Waals surface area contributed by atoms with Crippen molar-refractivity contribution in [3.63, 3.8) is 0 Å². The van der Waals surface area contributed by atoms with Gasteiger partial charge in [-0.1, -0.05) is 24.3 Å². The fourth-order valence-electron chi connectivity index (χ4n) is 3.31. The van der Waals surface area contributed by atoms with Crippen molar-refractivity contribution in [1.29, 1.82) is 0 Å². The van der Waals surface area contributed by atoms with Crippen LogP contribution in [0.5, 0.6) is 0 Å². The molecule has 2 heterocycles. The van der Waals surface area contributed by atoms with E-state index in [1.54, 1.807) is 0 Å². The maximum atomic E-state index is 13.1. The standard InChI is InChI=1S/C18H25F2N3O2/c19-18(20)9-16(22-12-18)17(25)21-10-13-1-3-14(4-2-13)11-23-7-5-15(24)6-8-23/h1-4,15-16,22,24H,5-12H2,(H,21,25). The fourth-order valence-corrected chi connectivity index (χ4v) is 3.31. The summed E-state index contributed by atoms with van der Waals surface area (Å²) in [5.74, 6) is -3.18. The Morgan fingerprint density at radius 3 is 2.48 bits per heavy atom.